The highest BCUT2D eigenvalue weighted by Gasteiger charge is 2.44. The number of carbonyl (C=O) groups is 1. The van der Waals surface area contributed by atoms with Crippen molar-refractivity contribution in [1.82, 2.24) is 15.1 Å². The van der Waals surface area contributed by atoms with Crippen LogP contribution in [0.1, 0.15) is 47.0 Å². The molecule has 2 aliphatic heterocycles. The van der Waals surface area contributed by atoms with Gasteiger partial charge in [0, 0.05) is 11.3 Å². The van der Waals surface area contributed by atoms with Crippen LogP contribution in [0.5, 0.6) is 11.6 Å². The minimum atomic E-state index is -4.10. The van der Waals surface area contributed by atoms with Gasteiger partial charge in [-0.2, -0.15) is 15.1 Å². The third-order valence-corrected chi connectivity index (χ3v) is 9.29. The van der Waals surface area contributed by atoms with Gasteiger partial charge in [-0.25, -0.2) is 4.57 Å². The maximum atomic E-state index is 14.3. The summed E-state index contributed by atoms with van der Waals surface area (Å²) in [5.41, 5.74) is 6.60. The molecule has 2 aliphatic rings. The molecule has 3 heterocycles. The van der Waals surface area contributed by atoms with Crippen molar-refractivity contribution in [2.75, 3.05) is 36.3 Å². The first-order valence-electron chi connectivity index (χ1n) is 14.9. The fourth-order valence-corrected chi connectivity index (χ4v) is 7.02. The van der Waals surface area contributed by atoms with Gasteiger partial charge in [0.1, 0.15) is 29.9 Å². The van der Waals surface area contributed by atoms with Gasteiger partial charge in [0.15, 0.2) is 5.82 Å². The summed E-state index contributed by atoms with van der Waals surface area (Å²) in [4.78, 5) is 23.3. The van der Waals surface area contributed by atoms with Crippen molar-refractivity contribution in [2.45, 2.75) is 71.5 Å². The fraction of sp³-hybridized carbons (Fsp3) is 0.500. The molecule has 44 heavy (non-hydrogen) atoms. The number of nitrogens with zero attached hydrogens (tertiary/aromatic N) is 3. The molecule has 14 heteroatoms. The average Bonchev–Trinajstić information content (AvgIpc) is 3.53. The Morgan fingerprint density at radius 2 is 2.00 bits per heavy atom. The maximum absolute atomic E-state index is 14.3. The van der Waals surface area contributed by atoms with E-state index in [-0.39, 0.29) is 37.5 Å². The van der Waals surface area contributed by atoms with Crippen molar-refractivity contribution < 1.29 is 32.6 Å². The van der Waals surface area contributed by atoms with E-state index in [0.717, 1.165) is 23.6 Å². The topological polar surface area (TPSA) is 159 Å². The molecular formula is C30H41N6O7P. The number of rotatable bonds is 13. The lowest BCUT2D eigenvalue weighted by atomic mass is 10.1. The van der Waals surface area contributed by atoms with E-state index in [1.54, 1.807) is 13.0 Å². The summed E-state index contributed by atoms with van der Waals surface area (Å²) < 4.78 is 43.6. The number of nitrogens with one attached hydrogen (secondary N) is 2. The van der Waals surface area contributed by atoms with E-state index in [2.05, 4.69) is 27.3 Å². The number of hydrogen-bond donors (Lipinski definition) is 3. The fourth-order valence-electron chi connectivity index (χ4n) is 5.48. The minimum Gasteiger partial charge on any atom is -0.479 e. The Labute approximate surface area is 257 Å². The highest BCUT2D eigenvalue weighted by atomic mass is 31.2. The van der Waals surface area contributed by atoms with Crippen molar-refractivity contribution in [3.05, 3.63) is 42.5 Å². The first-order chi connectivity index (χ1) is 21.1. The van der Waals surface area contributed by atoms with Crippen LogP contribution in [0.3, 0.4) is 0 Å². The van der Waals surface area contributed by atoms with Crippen molar-refractivity contribution in [2.24, 2.45) is 5.92 Å². The normalized spacial score (nSPS) is 23.1. The summed E-state index contributed by atoms with van der Waals surface area (Å²) in [6.45, 7) is 7.85. The zero-order valence-electron chi connectivity index (χ0n) is 25.7. The summed E-state index contributed by atoms with van der Waals surface area (Å²) >= 11 is 0. The first kappa shape index (κ1) is 31.8. The minimum absolute atomic E-state index is 0.0504. The number of ether oxygens (including phenoxy) is 3. The standard InChI is InChI=1S/C30H41N6O7P/c1-6-7-15-40-29(37)19(3)35-44(38,43-24-14-10-12-21-11-8-9-13-23(21)24)41-17-22-16-18(2)28(42-22)36-20(4)32-25-26(36)33-30(31)34-27(25)39-5/h8-14,18-20,22,28,32H,6-7,15-17H2,1-5H3,(H,35,38)(H2,31,33,34). The van der Waals surface area contributed by atoms with Gasteiger partial charge in [0.05, 0.1) is 26.4 Å². The number of hydrogen-bond acceptors (Lipinski definition) is 12. The average molecular weight is 629 g/mol. The van der Waals surface area contributed by atoms with E-state index in [1.807, 2.05) is 55.1 Å². The van der Waals surface area contributed by atoms with Crippen molar-refractivity contribution in [1.29, 1.82) is 0 Å². The van der Waals surface area contributed by atoms with Crippen molar-refractivity contribution in [3.63, 3.8) is 0 Å². The largest absolute Gasteiger partial charge is 0.479 e. The van der Waals surface area contributed by atoms with Gasteiger partial charge >= 0.3 is 13.7 Å². The monoisotopic (exact) mass is 628 g/mol. The lowest BCUT2D eigenvalue weighted by Crippen LogP contribution is -2.44. The summed E-state index contributed by atoms with van der Waals surface area (Å²) in [5.74, 6) is 0.908. The number of anilines is 3. The van der Waals surface area contributed by atoms with Crippen molar-refractivity contribution in [3.8, 4) is 11.6 Å². The molecule has 6 unspecified atom stereocenters. The van der Waals surface area contributed by atoms with Gasteiger partial charge in [-0.3, -0.25) is 9.32 Å². The number of nitrogens with two attached hydrogens (primary N) is 1. The Kier molecular flexibility index (Phi) is 9.79. The van der Waals surface area contributed by atoms with Crippen LogP contribution in [-0.4, -0.2) is 60.8 Å². The number of methoxy groups -OCH3 is 1. The summed E-state index contributed by atoms with van der Waals surface area (Å²) in [6, 6.07) is 12.1. The van der Waals surface area contributed by atoms with Gasteiger partial charge in [-0.05, 0) is 38.1 Å². The molecule has 1 saturated heterocycles. The Balaban J connectivity index is 1.33. The summed E-state index contributed by atoms with van der Waals surface area (Å²) in [6.07, 6.45) is 1.25. The molecule has 0 bridgehead atoms. The molecule has 0 amide bonds. The van der Waals surface area contributed by atoms with E-state index in [0.29, 0.717) is 29.6 Å². The van der Waals surface area contributed by atoms with E-state index in [4.69, 9.17) is 29.0 Å². The number of esters is 1. The third kappa shape index (κ3) is 6.86. The van der Waals surface area contributed by atoms with E-state index in [1.165, 1.54) is 7.11 Å². The maximum Gasteiger partial charge on any atom is 0.459 e. The number of aromatic nitrogens is 2. The Morgan fingerprint density at radius 3 is 2.77 bits per heavy atom. The van der Waals surface area contributed by atoms with Crippen molar-refractivity contribution >= 4 is 41.9 Å². The lowest BCUT2D eigenvalue weighted by molar-refractivity contribution is -0.145. The van der Waals surface area contributed by atoms with Gasteiger partial charge < -0.3 is 34.7 Å². The molecule has 5 rings (SSSR count). The molecule has 0 aliphatic carbocycles. The molecule has 1 fully saturated rings. The Hall–Kier alpha value is -3.64. The number of carbonyl (C=O) groups excluding carboxylic acids is 1. The highest BCUT2D eigenvalue weighted by Crippen LogP contribution is 2.48. The SMILES string of the molecule is CCCCOC(=O)C(C)NP(=O)(OCC1CC(C)C(N2c3nc(N)nc(OC)c3NC2C)O1)Oc1cccc2ccccc12. The molecular weight excluding hydrogens is 587 g/mol. The van der Waals surface area contributed by atoms with Crippen LogP contribution in [0.4, 0.5) is 17.5 Å². The molecule has 0 spiro atoms. The van der Waals surface area contributed by atoms with Gasteiger partial charge in [0.25, 0.3) is 0 Å². The van der Waals surface area contributed by atoms with E-state index < -0.39 is 25.9 Å². The Morgan fingerprint density at radius 1 is 1.23 bits per heavy atom. The number of unbranched alkanes of at least 4 members (excludes halogenated alkanes) is 1. The predicted molar refractivity (Wildman–Crippen MR) is 168 cm³/mol. The quantitative estimate of drug-likeness (QED) is 0.131. The first-order valence-corrected chi connectivity index (χ1v) is 16.4. The summed E-state index contributed by atoms with van der Waals surface area (Å²) in [5, 5.41) is 7.81. The van der Waals surface area contributed by atoms with Gasteiger partial charge in [0.2, 0.25) is 11.8 Å². The zero-order valence-corrected chi connectivity index (χ0v) is 26.6. The molecule has 0 saturated carbocycles. The second-order valence-corrected chi connectivity index (χ2v) is 12.8. The van der Waals surface area contributed by atoms with Crippen LogP contribution in [0.2, 0.25) is 0 Å². The smallest absolute Gasteiger partial charge is 0.459 e. The zero-order chi connectivity index (χ0) is 31.4. The molecule has 6 atom stereocenters. The second-order valence-electron chi connectivity index (χ2n) is 11.1. The molecule has 3 aromatic rings. The second kappa shape index (κ2) is 13.6. The molecule has 238 valence electrons. The predicted octanol–water partition coefficient (Wildman–Crippen LogP) is 5.07. The van der Waals surface area contributed by atoms with Gasteiger partial charge in [-0.15, -0.1) is 0 Å². The highest BCUT2D eigenvalue weighted by molar-refractivity contribution is 7.52. The summed E-state index contributed by atoms with van der Waals surface area (Å²) in [7, 11) is -2.58. The number of benzene rings is 2. The van der Waals surface area contributed by atoms with Crippen LogP contribution in [0.25, 0.3) is 10.8 Å². The van der Waals surface area contributed by atoms with Crippen LogP contribution < -0.4 is 30.3 Å². The molecule has 1 aromatic heterocycles. The molecule has 2 aromatic carbocycles. The van der Waals surface area contributed by atoms with E-state index in [9.17, 15) is 9.36 Å². The van der Waals surface area contributed by atoms with Crippen LogP contribution in [-0.2, 0) is 23.4 Å². The third-order valence-electron chi connectivity index (χ3n) is 7.66. The van der Waals surface area contributed by atoms with E-state index >= 15 is 0 Å². The number of fused-ring (bicyclic) bond motifs is 2. The molecule has 0 radical (unpaired) electrons. The lowest BCUT2D eigenvalue weighted by Gasteiger charge is -2.31. The van der Waals surface area contributed by atoms with Crippen LogP contribution in [0.15, 0.2) is 42.5 Å². The molecule has 4 N–H and O–H groups in total. The number of nitrogen functional groups attached to an aromatic ring is 1. The molecule has 13 nitrogen and oxygen atoms in total. The van der Waals surface area contributed by atoms with Gasteiger partial charge in [-0.1, -0.05) is 56.7 Å². The Bertz CT molecular complexity index is 1520. The van der Waals surface area contributed by atoms with Crippen LogP contribution in [0, 0.1) is 5.92 Å². The van der Waals surface area contributed by atoms with Crippen LogP contribution >= 0.6 is 7.75 Å².